The van der Waals surface area contributed by atoms with Crippen LogP contribution in [0.1, 0.15) is 34.1 Å². The zero-order valence-corrected chi connectivity index (χ0v) is 11.9. The van der Waals surface area contributed by atoms with E-state index >= 15 is 0 Å². The molecule has 18 heavy (non-hydrogen) atoms. The summed E-state index contributed by atoms with van der Waals surface area (Å²) in [6, 6.07) is 0. The molecule has 108 valence electrons. The number of carbonyl (C=O) groups is 1. The minimum absolute atomic E-state index is 0.00448. The second kappa shape index (κ2) is 9.27. The first-order valence-corrected chi connectivity index (χ1v) is 6.29. The summed E-state index contributed by atoms with van der Waals surface area (Å²) < 4.78 is 5.26. The number of hydrogen-bond acceptors (Lipinski definition) is 4. The number of nitrogens with one attached hydrogen (secondary N) is 2. The topological polar surface area (TPSA) is 75.1 Å². The third-order valence-corrected chi connectivity index (χ3v) is 1.96. The molecule has 6 nitrogen and oxygen atoms in total. The van der Waals surface area contributed by atoms with Crippen molar-refractivity contribution in [2.24, 2.45) is 5.41 Å². The quantitative estimate of drug-likeness (QED) is 0.449. The van der Waals surface area contributed by atoms with Crippen LogP contribution in [-0.4, -0.2) is 38.8 Å². The number of rotatable bonds is 9. The van der Waals surface area contributed by atoms with E-state index in [-0.39, 0.29) is 16.5 Å². The van der Waals surface area contributed by atoms with Crippen LogP contribution in [0.5, 0.6) is 0 Å². The Morgan fingerprint density at radius 3 is 2.56 bits per heavy atom. The number of hydroxylamine groups is 2. The molecule has 0 aromatic heterocycles. The molecule has 0 aliphatic carbocycles. The summed E-state index contributed by atoms with van der Waals surface area (Å²) in [5.41, 5.74) is 0.00448. The van der Waals surface area contributed by atoms with Crippen molar-refractivity contribution in [3.63, 3.8) is 0 Å². The molecule has 0 saturated carbocycles. The Kier molecular flexibility index (Phi) is 8.91. The van der Waals surface area contributed by atoms with Gasteiger partial charge in [-0.2, -0.15) is 0 Å². The van der Waals surface area contributed by atoms with Crippen molar-refractivity contribution >= 4 is 5.91 Å². The van der Waals surface area contributed by atoms with Gasteiger partial charge >= 0.3 is 0 Å². The normalized spacial score (nSPS) is 13.4. The molecule has 2 N–H and O–H groups in total. The molecule has 0 aliphatic heterocycles. The number of hydrogen-bond donors (Lipinski definition) is 2. The average molecular weight is 262 g/mol. The molecule has 0 aromatic rings. The van der Waals surface area contributed by atoms with Crippen molar-refractivity contribution in [3.8, 4) is 0 Å². The second-order valence-corrected chi connectivity index (χ2v) is 5.42. The highest BCUT2D eigenvalue weighted by Gasteiger charge is 2.12. The van der Waals surface area contributed by atoms with Gasteiger partial charge < -0.3 is 15.3 Å². The molecule has 0 aliphatic rings. The largest absolute Gasteiger partial charge is 0.600 e. The minimum Gasteiger partial charge on any atom is -0.600 e. The van der Waals surface area contributed by atoms with E-state index in [2.05, 4.69) is 5.32 Å². The molecule has 0 fully saturated rings. The predicted octanol–water partition coefficient (Wildman–Crippen LogP) is -0.110. The minimum atomic E-state index is -0.185. The Morgan fingerprint density at radius 2 is 2.00 bits per heavy atom. The lowest BCUT2D eigenvalue weighted by molar-refractivity contribution is -1.05. The Labute approximate surface area is 109 Å². The van der Waals surface area contributed by atoms with Gasteiger partial charge in [-0.15, -0.1) is 0 Å². The smallest absolute Gasteiger partial charge is 0.216 e. The van der Waals surface area contributed by atoms with Crippen molar-refractivity contribution in [1.29, 1.82) is 0 Å². The molecule has 0 spiro atoms. The van der Waals surface area contributed by atoms with E-state index < -0.39 is 0 Å². The second-order valence-electron chi connectivity index (χ2n) is 5.42. The summed E-state index contributed by atoms with van der Waals surface area (Å²) in [7, 11) is 0. The SMILES string of the molecule is CC(=O)NCCOCCC[NH+]([O-])OCC(C)(C)C. The fourth-order valence-corrected chi connectivity index (χ4v) is 1.09. The zero-order valence-electron chi connectivity index (χ0n) is 11.9. The molecule has 0 bridgehead atoms. The summed E-state index contributed by atoms with van der Waals surface area (Å²) in [4.78, 5) is 15.7. The Hall–Kier alpha value is -0.690. The van der Waals surface area contributed by atoms with Crippen LogP contribution in [0.15, 0.2) is 0 Å². The molecule has 1 amide bonds. The maximum Gasteiger partial charge on any atom is 0.216 e. The van der Waals surface area contributed by atoms with Gasteiger partial charge in [-0.3, -0.25) is 4.79 Å². The lowest BCUT2D eigenvalue weighted by Gasteiger charge is -2.24. The van der Waals surface area contributed by atoms with Crippen LogP contribution in [0.3, 0.4) is 0 Å². The van der Waals surface area contributed by atoms with E-state index in [0.29, 0.717) is 39.3 Å². The monoisotopic (exact) mass is 262 g/mol. The number of ether oxygens (including phenoxy) is 1. The maximum atomic E-state index is 11.3. The number of carbonyl (C=O) groups excluding carboxylic acids is 1. The molecule has 1 atom stereocenters. The highest BCUT2D eigenvalue weighted by Crippen LogP contribution is 2.10. The van der Waals surface area contributed by atoms with E-state index in [1.54, 1.807) is 0 Å². The molecule has 0 radical (unpaired) electrons. The molecule has 0 heterocycles. The summed E-state index contributed by atoms with van der Waals surface area (Å²) in [6.45, 7) is 9.81. The van der Waals surface area contributed by atoms with Gasteiger partial charge in [-0.05, 0) is 5.41 Å². The van der Waals surface area contributed by atoms with E-state index in [1.807, 2.05) is 20.8 Å². The first-order chi connectivity index (χ1) is 8.31. The highest BCUT2D eigenvalue weighted by molar-refractivity contribution is 5.72. The van der Waals surface area contributed by atoms with Crippen LogP contribution in [-0.2, 0) is 14.4 Å². The molecular weight excluding hydrogens is 236 g/mol. The first-order valence-electron chi connectivity index (χ1n) is 6.29. The van der Waals surface area contributed by atoms with Crippen molar-refractivity contribution in [2.45, 2.75) is 34.1 Å². The predicted molar refractivity (Wildman–Crippen MR) is 68.7 cm³/mol. The molecule has 6 heteroatoms. The van der Waals surface area contributed by atoms with Gasteiger partial charge in [0.1, 0.15) is 13.2 Å². The Balaban J connectivity index is 3.30. The number of amides is 1. The molecule has 0 rings (SSSR count). The third kappa shape index (κ3) is 13.4. The van der Waals surface area contributed by atoms with E-state index in [4.69, 9.17) is 9.57 Å². The maximum absolute atomic E-state index is 11.3. The lowest BCUT2D eigenvalue weighted by atomic mass is 9.99. The first kappa shape index (κ1) is 17.3. The summed E-state index contributed by atoms with van der Waals surface area (Å²) >= 11 is 0. The molecule has 0 aromatic carbocycles. The Morgan fingerprint density at radius 1 is 1.33 bits per heavy atom. The highest BCUT2D eigenvalue weighted by atomic mass is 16.9. The van der Waals surface area contributed by atoms with E-state index in [0.717, 1.165) is 0 Å². The van der Waals surface area contributed by atoms with Gasteiger partial charge in [-0.1, -0.05) is 20.8 Å². The van der Waals surface area contributed by atoms with Crippen molar-refractivity contribution < 1.29 is 19.6 Å². The summed E-state index contributed by atoms with van der Waals surface area (Å²) in [5.74, 6) is -0.0654. The Bertz CT molecular complexity index is 229. The van der Waals surface area contributed by atoms with E-state index in [1.165, 1.54) is 6.92 Å². The zero-order chi connectivity index (χ0) is 14.0. The lowest BCUT2D eigenvalue weighted by Crippen LogP contribution is -3.06. The van der Waals surface area contributed by atoms with Crippen LogP contribution < -0.4 is 10.5 Å². The van der Waals surface area contributed by atoms with Crippen molar-refractivity contribution in [3.05, 3.63) is 5.21 Å². The van der Waals surface area contributed by atoms with Gasteiger partial charge in [0.25, 0.3) is 0 Å². The average Bonchev–Trinajstić information content (AvgIpc) is 2.23. The third-order valence-electron chi connectivity index (χ3n) is 1.96. The van der Waals surface area contributed by atoms with Crippen LogP contribution in [0, 0.1) is 10.6 Å². The van der Waals surface area contributed by atoms with Crippen molar-refractivity contribution in [2.75, 3.05) is 32.9 Å². The van der Waals surface area contributed by atoms with Gasteiger partial charge in [0, 0.05) is 19.9 Å². The van der Waals surface area contributed by atoms with E-state index in [9.17, 15) is 10.0 Å². The van der Waals surface area contributed by atoms with Crippen LogP contribution in [0.4, 0.5) is 0 Å². The fraction of sp³-hybridized carbons (Fsp3) is 0.917. The van der Waals surface area contributed by atoms with Gasteiger partial charge in [0.2, 0.25) is 5.91 Å². The van der Waals surface area contributed by atoms with Gasteiger partial charge in [-0.25, -0.2) is 10.1 Å². The summed E-state index contributed by atoms with van der Waals surface area (Å²) in [6.07, 6.45) is 0.642. The standard InChI is InChI=1S/C12H26N2O4/c1-11(15)13-6-9-17-8-5-7-14(16)18-10-12(2,3)4/h14H,5-10H2,1-4H3,(H,13,15). The molecule has 1 unspecified atom stereocenters. The van der Waals surface area contributed by atoms with Crippen LogP contribution in [0.25, 0.3) is 0 Å². The fourth-order valence-electron chi connectivity index (χ4n) is 1.09. The van der Waals surface area contributed by atoms with Crippen LogP contribution >= 0.6 is 0 Å². The van der Waals surface area contributed by atoms with Gasteiger partial charge in [0.05, 0.1) is 13.2 Å². The number of quaternary nitrogens is 1. The van der Waals surface area contributed by atoms with Gasteiger partial charge in [0.15, 0.2) is 0 Å². The molecular formula is C12H26N2O4. The van der Waals surface area contributed by atoms with Crippen molar-refractivity contribution in [1.82, 2.24) is 5.32 Å². The molecule has 0 saturated heterocycles. The van der Waals surface area contributed by atoms with Crippen LogP contribution in [0.2, 0.25) is 0 Å². The summed E-state index contributed by atoms with van der Waals surface area (Å²) in [5, 5.41) is 13.8.